The topological polar surface area (TPSA) is 84.0 Å². The molecular weight excluding hydrogens is 268 g/mol. The highest BCUT2D eigenvalue weighted by molar-refractivity contribution is 5.86. The molecule has 0 saturated heterocycles. The van der Waals surface area contributed by atoms with Gasteiger partial charge in [-0.05, 0) is 19.1 Å². The van der Waals surface area contributed by atoms with Crippen LogP contribution in [0, 0.1) is 18.3 Å². The van der Waals surface area contributed by atoms with Gasteiger partial charge in [0, 0.05) is 18.8 Å². The zero-order valence-corrected chi connectivity index (χ0v) is 11.5. The van der Waals surface area contributed by atoms with Crippen LogP contribution in [0.25, 0.3) is 11.0 Å². The minimum absolute atomic E-state index is 0.124. The van der Waals surface area contributed by atoms with Gasteiger partial charge in [0.15, 0.2) is 5.75 Å². The van der Waals surface area contributed by atoms with Gasteiger partial charge in [-0.15, -0.1) is 0 Å². The van der Waals surface area contributed by atoms with Crippen molar-refractivity contribution >= 4 is 16.9 Å². The highest BCUT2D eigenvalue weighted by atomic mass is 16.5. The predicted molar refractivity (Wildman–Crippen MR) is 77.3 cm³/mol. The summed E-state index contributed by atoms with van der Waals surface area (Å²) in [6, 6.07) is 11.0. The third-order valence-electron chi connectivity index (χ3n) is 2.91. The Morgan fingerprint density at radius 3 is 2.86 bits per heavy atom. The number of ether oxygens (including phenoxy) is 1. The third-order valence-corrected chi connectivity index (χ3v) is 2.91. The van der Waals surface area contributed by atoms with Gasteiger partial charge in [0.2, 0.25) is 17.6 Å². The van der Waals surface area contributed by atoms with E-state index in [1.165, 1.54) is 0 Å². The molecule has 1 N–H and O–H groups in total. The third kappa shape index (κ3) is 2.37. The number of benzene rings is 1. The van der Waals surface area contributed by atoms with Crippen LogP contribution in [0.1, 0.15) is 11.5 Å². The molecule has 0 amide bonds. The molecule has 6 heteroatoms. The van der Waals surface area contributed by atoms with Crippen LogP contribution in [0.5, 0.6) is 11.6 Å². The molecular formula is C15H12N4O2. The van der Waals surface area contributed by atoms with Gasteiger partial charge in [0.05, 0.1) is 5.39 Å². The fourth-order valence-corrected chi connectivity index (χ4v) is 2.01. The van der Waals surface area contributed by atoms with Crippen molar-refractivity contribution in [3.63, 3.8) is 0 Å². The van der Waals surface area contributed by atoms with Gasteiger partial charge in [0.25, 0.3) is 0 Å². The number of nitrogens with one attached hydrogen (secondary N) is 1. The summed E-state index contributed by atoms with van der Waals surface area (Å²) in [5, 5.41) is 12.8. The Hall–Kier alpha value is -3.07. The summed E-state index contributed by atoms with van der Waals surface area (Å²) < 4.78 is 11.2. The Bertz CT molecular complexity index is 848. The lowest BCUT2D eigenvalue weighted by Gasteiger charge is -2.06. The maximum Gasteiger partial charge on any atom is 0.247 e. The van der Waals surface area contributed by atoms with Crippen molar-refractivity contribution in [1.29, 1.82) is 5.26 Å². The first-order chi connectivity index (χ1) is 10.2. The fourth-order valence-electron chi connectivity index (χ4n) is 2.01. The monoisotopic (exact) mass is 280 g/mol. The maximum atomic E-state index is 9.18. The number of para-hydroxylation sites is 1. The van der Waals surface area contributed by atoms with Crippen LogP contribution in [0.3, 0.4) is 0 Å². The molecule has 21 heavy (non-hydrogen) atoms. The minimum atomic E-state index is 0.124. The van der Waals surface area contributed by atoms with Crippen molar-refractivity contribution in [2.24, 2.45) is 0 Å². The van der Waals surface area contributed by atoms with E-state index in [1.54, 1.807) is 19.2 Å². The number of nitrogens with zero attached hydrogens (tertiary/aromatic N) is 3. The summed E-state index contributed by atoms with van der Waals surface area (Å²) >= 11 is 0. The zero-order chi connectivity index (χ0) is 14.8. The number of furan rings is 1. The molecule has 0 saturated carbocycles. The molecule has 0 spiro atoms. The molecule has 2 aromatic heterocycles. The first-order valence-corrected chi connectivity index (χ1v) is 6.34. The normalized spacial score (nSPS) is 10.3. The molecule has 6 nitrogen and oxygen atoms in total. The fraction of sp³-hybridized carbons (Fsp3) is 0.133. The van der Waals surface area contributed by atoms with E-state index >= 15 is 0 Å². The van der Waals surface area contributed by atoms with E-state index < -0.39 is 0 Å². The number of hydrogen-bond donors (Lipinski definition) is 1. The van der Waals surface area contributed by atoms with Crippen molar-refractivity contribution in [3.05, 3.63) is 41.8 Å². The zero-order valence-electron chi connectivity index (χ0n) is 11.5. The van der Waals surface area contributed by atoms with E-state index in [0.29, 0.717) is 23.2 Å². The molecule has 3 aromatic rings. The second-order valence-electron chi connectivity index (χ2n) is 4.39. The SMILES string of the molecule is CNc1nc(C)cc(Oc2c(C#N)oc3ccccc23)n1. The number of fused-ring (bicyclic) bond motifs is 1. The van der Waals surface area contributed by atoms with Crippen LogP contribution in [0.2, 0.25) is 0 Å². The Morgan fingerprint density at radius 2 is 2.10 bits per heavy atom. The van der Waals surface area contributed by atoms with Crippen LogP contribution < -0.4 is 10.1 Å². The molecule has 2 heterocycles. The van der Waals surface area contributed by atoms with E-state index in [4.69, 9.17) is 9.15 Å². The molecule has 0 aliphatic rings. The van der Waals surface area contributed by atoms with Crippen molar-refractivity contribution in [3.8, 4) is 17.7 Å². The lowest BCUT2D eigenvalue weighted by atomic mass is 10.2. The molecule has 0 atom stereocenters. The van der Waals surface area contributed by atoms with E-state index in [9.17, 15) is 5.26 Å². The Kier molecular flexibility index (Phi) is 3.16. The van der Waals surface area contributed by atoms with Gasteiger partial charge >= 0.3 is 0 Å². The lowest BCUT2D eigenvalue weighted by molar-refractivity contribution is 0.449. The van der Waals surface area contributed by atoms with Crippen LogP contribution >= 0.6 is 0 Å². The Morgan fingerprint density at radius 1 is 1.29 bits per heavy atom. The number of aryl methyl sites for hydroxylation is 1. The Balaban J connectivity index is 2.09. The molecule has 1 aromatic carbocycles. The van der Waals surface area contributed by atoms with Gasteiger partial charge in [-0.2, -0.15) is 10.2 Å². The number of rotatable bonds is 3. The average Bonchev–Trinajstić information content (AvgIpc) is 2.85. The van der Waals surface area contributed by atoms with Gasteiger partial charge in [-0.3, -0.25) is 0 Å². The van der Waals surface area contributed by atoms with Crippen LogP contribution in [-0.2, 0) is 0 Å². The molecule has 0 aliphatic carbocycles. The average molecular weight is 280 g/mol. The summed E-state index contributed by atoms with van der Waals surface area (Å²) in [5.41, 5.74) is 1.36. The minimum Gasteiger partial charge on any atom is -0.442 e. The number of nitriles is 1. The molecule has 0 bridgehead atoms. The van der Waals surface area contributed by atoms with E-state index in [-0.39, 0.29) is 5.76 Å². The second-order valence-corrected chi connectivity index (χ2v) is 4.39. The predicted octanol–water partition coefficient (Wildman–Crippen LogP) is 3.24. The molecule has 104 valence electrons. The van der Waals surface area contributed by atoms with Gasteiger partial charge in [-0.1, -0.05) is 12.1 Å². The summed E-state index contributed by atoms with van der Waals surface area (Å²) in [4.78, 5) is 8.41. The summed E-state index contributed by atoms with van der Waals surface area (Å²) in [5.74, 6) is 1.30. The van der Waals surface area contributed by atoms with Gasteiger partial charge in [0.1, 0.15) is 11.7 Å². The summed E-state index contributed by atoms with van der Waals surface area (Å²) in [6.45, 7) is 1.84. The van der Waals surface area contributed by atoms with Crippen molar-refractivity contribution in [1.82, 2.24) is 9.97 Å². The number of anilines is 1. The van der Waals surface area contributed by atoms with Crippen LogP contribution in [-0.4, -0.2) is 17.0 Å². The standard InChI is InChI=1S/C15H12N4O2/c1-9-7-13(19-15(17-2)18-9)21-14-10-5-3-4-6-11(10)20-12(14)8-16/h3-7H,1-2H3,(H,17,18,19). The molecule has 3 rings (SSSR count). The second kappa shape index (κ2) is 5.13. The smallest absolute Gasteiger partial charge is 0.247 e. The van der Waals surface area contributed by atoms with Crippen molar-refractivity contribution < 1.29 is 9.15 Å². The first kappa shape index (κ1) is 12.9. The van der Waals surface area contributed by atoms with E-state index in [0.717, 1.165) is 11.1 Å². The van der Waals surface area contributed by atoms with Gasteiger partial charge < -0.3 is 14.5 Å². The number of hydrogen-bond acceptors (Lipinski definition) is 6. The summed E-state index contributed by atoms with van der Waals surface area (Å²) in [7, 11) is 1.73. The van der Waals surface area contributed by atoms with Gasteiger partial charge in [-0.25, -0.2) is 4.98 Å². The number of aromatic nitrogens is 2. The van der Waals surface area contributed by atoms with Crippen LogP contribution in [0.4, 0.5) is 5.95 Å². The quantitative estimate of drug-likeness (QED) is 0.792. The van der Waals surface area contributed by atoms with E-state index in [2.05, 4.69) is 15.3 Å². The van der Waals surface area contributed by atoms with E-state index in [1.807, 2.05) is 31.2 Å². The molecule has 0 aliphatic heterocycles. The lowest BCUT2D eigenvalue weighted by Crippen LogP contribution is -1.99. The summed E-state index contributed by atoms with van der Waals surface area (Å²) in [6.07, 6.45) is 0. The van der Waals surface area contributed by atoms with Crippen LogP contribution in [0.15, 0.2) is 34.7 Å². The highest BCUT2D eigenvalue weighted by Gasteiger charge is 2.17. The first-order valence-electron chi connectivity index (χ1n) is 6.34. The molecule has 0 radical (unpaired) electrons. The maximum absolute atomic E-state index is 9.18. The Labute approximate surface area is 121 Å². The largest absolute Gasteiger partial charge is 0.442 e. The molecule has 0 unspecified atom stereocenters. The molecule has 0 fully saturated rings. The highest BCUT2D eigenvalue weighted by Crippen LogP contribution is 2.35. The van der Waals surface area contributed by atoms with Crippen molar-refractivity contribution in [2.45, 2.75) is 6.92 Å². The van der Waals surface area contributed by atoms with Crippen molar-refractivity contribution in [2.75, 3.05) is 12.4 Å².